The fourth-order valence-corrected chi connectivity index (χ4v) is 1.79. The molecule has 1 aliphatic rings. The zero-order chi connectivity index (χ0) is 15.0. The minimum absolute atomic E-state index is 0.0489. The van der Waals surface area contributed by atoms with Crippen molar-refractivity contribution >= 4 is 17.9 Å². The Balaban J connectivity index is 2.29. The lowest BCUT2D eigenvalue weighted by Gasteiger charge is -2.23. The second kappa shape index (κ2) is 7.68. The molecule has 8 nitrogen and oxygen atoms in total. The van der Waals surface area contributed by atoms with Crippen LogP contribution in [0.25, 0.3) is 0 Å². The normalized spacial score (nSPS) is 21.2. The van der Waals surface area contributed by atoms with Crippen molar-refractivity contribution in [2.75, 3.05) is 26.3 Å². The summed E-state index contributed by atoms with van der Waals surface area (Å²) in [6.07, 6.45) is 1.23. The Morgan fingerprint density at radius 1 is 1.25 bits per heavy atom. The highest BCUT2D eigenvalue weighted by Crippen LogP contribution is 2.18. The molecule has 1 unspecified atom stereocenters. The minimum atomic E-state index is -1.37. The van der Waals surface area contributed by atoms with Crippen LogP contribution in [-0.2, 0) is 14.3 Å². The molecule has 114 valence electrons. The zero-order valence-corrected chi connectivity index (χ0v) is 11.5. The molecule has 0 aromatic rings. The molecule has 0 bridgehead atoms. The van der Waals surface area contributed by atoms with Gasteiger partial charge in [-0.3, -0.25) is 4.79 Å². The first-order valence-corrected chi connectivity index (χ1v) is 6.64. The van der Waals surface area contributed by atoms with Gasteiger partial charge in [0, 0.05) is 32.5 Å². The maximum atomic E-state index is 11.6. The number of carboxylic acid groups (broad SMARTS) is 1. The summed E-state index contributed by atoms with van der Waals surface area (Å²) in [6.45, 7) is 2.95. The van der Waals surface area contributed by atoms with Crippen LogP contribution in [0.2, 0.25) is 0 Å². The number of rotatable bonds is 7. The first kappa shape index (κ1) is 16.2. The summed E-state index contributed by atoms with van der Waals surface area (Å²) in [5.74, 6) is -1.27. The number of nitrogens with one attached hydrogen (secondary N) is 3. The van der Waals surface area contributed by atoms with Gasteiger partial charge in [-0.2, -0.15) is 0 Å². The van der Waals surface area contributed by atoms with Gasteiger partial charge in [0.25, 0.3) is 0 Å². The van der Waals surface area contributed by atoms with Crippen molar-refractivity contribution in [2.45, 2.75) is 31.7 Å². The monoisotopic (exact) mass is 287 g/mol. The summed E-state index contributed by atoms with van der Waals surface area (Å²) in [7, 11) is 0. The van der Waals surface area contributed by atoms with Gasteiger partial charge in [-0.05, 0) is 6.42 Å². The van der Waals surface area contributed by atoms with E-state index in [1.165, 1.54) is 0 Å². The van der Waals surface area contributed by atoms with E-state index in [1.54, 1.807) is 0 Å². The molecule has 0 spiro atoms. The summed E-state index contributed by atoms with van der Waals surface area (Å²) >= 11 is 0. The van der Waals surface area contributed by atoms with Crippen molar-refractivity contribution in [3.05, 3.63) is 0 Å². The van der Waals surface area contributed by atoms with Crippen LogP contribution in [0, 0.1) is 0 Å². The Kier molecular flexibility index (Phi) is 6.23. The van der Waals surface area contributed by atoms with Gasteiger partial charge in [-0.25, -0.2) is 9.59 Å². The third-order valence-corrected chi connectivity index (χ3v) is 2.99. The van der Waals surface area contributed by atoms with Gasteiger partial charge in [0.05, 0.1) is 6.61 Å². The fraction of sp³-hybridized carbons (Fsp3) is 0.750. The van der Waals surface area contributed by atoms with E-state index >= 15 is 0 Å². The van der Waals surface area contributed by atoms with Gasteiger partial charge in [0.15, 0.2) is 5.54 Å². The van der Waals surface area contributed by atoms with Gasteiger partial charge in [-0.15, -0.1) is 0 Å². The first-order chi connectivity index (χ1) is 9.50. The third kappa shape index (κ3) is 4.69. The van der Waals surface area contributed by atoms with Crippen LogP contribution in [0.4, 0.5) is 4.79 Å². The van der Waals surface area contributed by atoms with Crippen molar-refractivity contribution in [3.8, 4) is 0 Å². The quantitative estimate of drug-likeness (QED) is 0.501. The van der Waals surface area contributed by atoms with E-state index in [4.69, 9.17) is 9.84 Å². The molecule has 1 rings (SSSR count). The highest BCUT2D eigenvalue weighted by atomic mass is 16.5. The number of hydrogen-bond donors (Lipinski definition) is 4. The van der Waals surface area contributed by atoms with Crippen LogP contribution in [0.1, 0.15) is 26.2 Å². The molecule has 1 aliphatic heterocycles. The zero-order valence-electron chi connectivity index (χ0n) is 11.5. The third-order valence-electron chi connectivity index (χ3n) is 2.99. The summed E-state index contributed by atoms with van der Waals surface area (Å²) in [5, 5.41) is 16.7. The lowest BCUT2D eigenvalue weighted by Crippen LogP contribution is -2.57. The van der Waals surface area contributed by atoms with Crippen LogP contribution in [0.5, 0.6) is 0 Å². The van der Waals surface area contributed by atoms with E-state index in [9.17, 15) is 14.4 Å². The number of amides is 3. The maximum absolute atomic E-state index is 11.6. The standard InChI is InChI=1S/C12H21N3O5/c1-2-5-13-9(16)3-6-14-11(19)15-12(10(17)18)4-7-20-8-12/h2-8H2,1H3,(H,13,16)(H,17,18)(H2,14,15,19). The highest BCUT2D eigenvalue weighted by molar-refractivity contribution is 5.87. The largest absolute Gasteiger partial charge is 0.479 e. The molecular weight excluding hydrogens is 266 g/mol. The summed E-state index contributed by atoms with van der Waals surface area (Å²) < 4.78 is 5.02. The predicted octanol–water partition coefficient (Wildman–Crippen LogP) is -0.554. The summed E-state index contributed by atoms with van der Waals surface area (Å²) in [4.78, 5) is 34.1. The van der Waals surface area contributed by atoms with E-state index in [0.29, 0.717) is 13.2 Å². The number of hydrogen-bond acceptors (Lipinski definition) is 4. The second-order valence-corrected chi connectivity index (χ2v) is 4.67. The van der Waals surface area contributed by atoms with Crippen molar-refractivity contribution in [1.82, 2.24) is 16.0 Å². The molecule has 0 radical (unpaired) electrons. The average Bonchev–Trinajstić information content (AvgIpc) is 2.86. The van der Waals surface area contributed by atoms with Gasteiger partial charge in [0.1, 0.15) is 0 Å². The van der Waals surface area contributed by atoms with Gasteiger partial charge >= 0.3 is 12.0 Å². The summed E-state index contributed by atoms with van der Waals surface area (Å²) in [6, 6.07) is -0.610. The Labute approximate surface area is 117 Å². The van der Waals surface area contributed by atoms with E-state index < -0.39 is 17.5 Å². The predicted molar refractivity (Wildman–Crippen MR) is 70.3 cm³/mol. The van der Waals surface area contributed by atoms with Crippen LogP contribution in [0.3, 0.4) is 0 Å². The number of carbonyl (C=O) groups is 3. The Hall–Kier alpha value is -1.83. The van der Waals surface area contributed by atoms with Crippen molar-refractivity contribution in [3.63, 3.8) is 0 Å². The second-order valence-electron chi connectivity index (χ2n) is 4.67. The number of ether oxygens (including phenoxy) is 1. The highest BCUT2D eigenvalue weighted by Gasteiger charge is 2.43. The molecule has 0 aromatic carbocycles. The van der Waals surface area contributed by atoms with Crippen LogP contribution in [0.15, 0.2) is 0 Å². The maximum Gasteiger partial charge on any atom is 0.332 e. The van der Waals surface area contributed by atoms with Gasteiger partial charge in [0.2, 0.25) is 5.91 Å². The topological polar surface area (TPSA) is 117 Å². The average molecular weight is 287 g/mol. The van der Waals surface area contributed by atoms with E-state index in [0.717, 1.165) is 6.42 Å². The lowest BCUT2D eigenvalue weighted by atomic mass is 9.99. The van der Waals surface area contributed by atoms with E-state index in [1.807, 2.05) is 6.92 Å². The molecule has 1 fully saturated rings. The number of urea groups is 1. The number of carboxylic acids is 1. The number of aliphatic carboxylic acids is 1. The van der Waals surface area contributed by atoms with Crippen LogP contribution >= 0.6 is 0 Å². The molecule has 3 amide bonds. The molecular formula is C12H21N3O5. The minimum Gasteiger partial charge on any atom is -0.479 e. The molecule has 1 atom stereocenters. The smallest absolute Gasteiger partial charge is 0.332 e. The SMILES string of the molecule is CCCNC(=O)CCNC(=O)NC1(C(=O)O)CCOC1. The molecule has 1 heterocycles. The molecule has 0 aliphatic carbocycles. The molecule has 20 heavy (non-hydrogen) atoms. The number of carbonyl (C=O) groups excluding carboxylic acids is 2. The van der Waals surface area contributed by atoms with Gasteiger partial charge in [-0.1, -0.05) is 6.92 Å². The van der Waals surface area contributed by atoms with Gasteiger partial charge < -0.3 is 25.8 Å². The van der Waals surface area contributed by atoms with E-state index in [-0.39, 0.29) is 31.9 Å². The molecule has 8 heteroatoms. The molecule has 0 aromatic heterocycles. The van der Waals surface area contributed by atoms with Crippen molar-refractivity contribution in [1.29, 1.82) is 0 Å². The van der Waals surface area contributed by atoms with E-state index in [2.05, 4.69) is 16.0 Å². The molecule has 0 saturated carbocycles. The van der Waals surface area contributed by atoms with Crippen LogP contribution < -0.4 is 16.0 Å². The lowest BCUT2D eigenvalue weighted by molar-refractivity contribution is -0.144. The fourth-order valence-electron chi connectivity index (χ4n) is 1.79. The molecule has 4 N–H and O–H groups in total. The first-order valence-electron chi connectivity index (χ1n) is 6.64. The Morgan fingerprint density at radius 3 is 2.55 bits per heavy atom. The van der Waals surface area contributed by atoms with Crippen molar-refractivity contribution in [2.24, 2.45) is 0 Å². The van der Waals surface area contributed by atoms with Crippen molar-refractivity contribution < 1.29 is 24.2 Å². The Morgan fingerprint density at radius 2 is 2.00 bits per heavy atom. The Bertz CT molecular complexity index is 366. The summed E-state index contributed by atoms with van der Waals surface area (Å²) in [5.41, 5.74) is -1.37. The molecule has 1 saturated heterocycles. The van der Waals surface area contributed by atoms with Crippen LogP contribution in [-0.4, -0.2) is 54.9 Å².